The van der Waals surface area contributed by atoms with Gasteiger partial charge in [0.15, 0.2) is 5.96 Å². The first-order valence-corrected chi connectivity index (χ1v) is 10.7. The van der Waals surface area contributed by atoms with Gasteiger partial charge >= 0.3 is 0 Å². The molecule has 0 radical (unpaired) electrons. The SMILES string of the molecule is CCNC(=NCCCNC(=O)c1ccccc1)N1CCC(OCCCOC)CC1. The molecule has 2 N–H and O–H groups in total. The van der Waals surface area contributed by atoms with Crippen LogP contribution >= 0.6 is 0 Å². The van der Waals surface area contributed by atoms with E-state index in [-0.39, 0.29) is 5.91 Å². The normalized spacial score (nSPS) is 15.4. The lowest BCUT2D eigenvalue weighted by Gasteiger charge is -2.34. The minimum atomic E-state index is -0.0333. The predicted octanol–water partition coefficient (Wildman–Crippen LogP) is 2.29. The number of methoxy groups -OCH3 is 1. The van der Waals surface area contributed by atoms with E-state index in [4.69, 9.17) is 14.5 Å². The van der Waals surface area contributed by atoms with Gasteiger partial charge in [-0.2, -0.15) is 0 Å². The van der Waals surface area contributed by atoms with Gasteiger partial charge < -0.3 is 25.0 Å². The third kappa shape index (κ3) is 8.83. The van der Waals surface area contributed by atoms with Crippen molar-refractivity contribution in [1.82, 2.24) is 15.5 Å². The molecular weight excluding hydrogens is 368 g/mol. The topological polar surface area (TPSA) is 75.2 Å². The molecular formula is C22H36N4O3. The average Bonchev–Trinajstić information content (AvgIpc) is 2.77. The Bertz CT molecular complexity index is 601. The molecule has 7 nitrogen and oxygen atoms in total. The van der Waals surface area contributed by atoms with Gasteiger partial charge in [0, 0.05) is 58.6 Å². The van der Waals surface area contributed by atoms with Crippen LogP contribution < -0.4 is 10.6 Å². The summed E-state index contributed by atoms with van der Waals surface area (Å²) in [5, 5.41) is 6.33. The first kappa shape index (κ1) is 23.2. The van der Waals surface area contributed by atoms with E-state index in [0.29, 0.717) is 24.8 Å². The van der Waals surface area contributed by atoms with Crippen LogP contribution in [0.4, 0.5) is 0 Å². The monoisotopic (exact) mass is 404 g/mol. The molecule has 0 aliphatic carbocycles. The number of hydrogen-bond donors (Lipinski definition) is 2. The van der Waals surface area contributed by atoms with Gasteiger partial charge in [0.1, 0.15) is 0 Å². The third-order valence-corrected chi connectivity index (χ3v) is 4.84. The molecule has 162 valence electrons. The fraction of sp³-hybridized carbons (Fsp3) is 0.636. The van der Waals surface area contributed by atoms with Crippen molar-refractivity contribution in [2.45, 2.75) is 38.7 Å². The third-order valence-electron chi connectivity index (χ3n) is 4.84. The number of nitrogens with zero attached hydrogens (tertiary/aromatic N) is 2. The average molecular weight is 405 g/mol. The fourth-order valence-corrected chi connectivity index (χ4v) is 3.27. The minimum Gasteiger partial charge on any atom is -0.385 e. The number of aliphatic imine (C=N–C) groups is 1. The maximum atomic E-state index is 12.0. The van der Waals surface area contributed by atoms with Gasteiger partial charge in [0.25, 0.3) is 5.91 Å². The first-order valence-electron chi connectivity index (χ1n) is 10.7. The minimum absolute atomic E-state index is 0.0333. The van der Waals surface area contributed by atoms with E-state index in [9.17, 15) is 4.79 Å². The highest BCUT2D eigenvalue weighted by Gasteiger charge is 2.21. The van der Waals surface area contributed by atoms with Crippen molar-refractivity contribution in [2.75, 3.05) is 53.0 Å². The van der Waals surface area contributed by atoms with Gasteiger partial charge in [-0.05, 0) is 44.7 Å². The van der Waals surface area contributed by atoms with Crippen molar-refractivity contribution >= 4 is 11.9 Å². The number of carbonyl (C=O) groups is 1. The van der Waals surface area contributed by atoms with Crippen molar-refractivity contribution in [3.05, 3.63) is 35.9 Å². The van der Waals surface area contributed by atoms with E-state index in [0.717, 1.165) is 64.5 Å². The summed E-state index contributed by atoms with van der Waals surface area (Å²) in [6.45, 7) is 7.65. The lowest BCUT2D eigenvalue weighted by Crippen LogP contribution is -2.47. The molecule has 1 aliphatic heterocycles. The second-order valence-corrected chi connectivity index (χ2v) is 7.11. The Morgan fingerprint density at radius 1 is 1.14 bits per heavy atom. The van der Waals surface area contributed by atoms with E-state index in [1.165, 1.54) is 0 Å². The second-order valence-electron chi connectivity index (χ2n) is 7.11. The van der Waals surface area contributed by atoms with Crippen molar-refractivity contribution in [3.8, 4) is 0 Å². The number of nitrogens with one attached hydrogen (secondary N) is 2. The Morgan fingerprint density at radius 3 is 2.59 bits per heavy atom. The maximum absolute atomic E-state index is 12.0. The highest BCUT2D eigenvalue weighted by Crippen LogP contribution is 2.14. The molecule has 1 saturated heterocycles. The summed E-state index contributed by atoms with van der Waals surface area (Å²) in [4.78, 5) is 19.1. The molecule has 1 heterocycles. The molecule has 0 bridgehead atoms. The molecule has 29 heavy (non-hydrogen) atoms. The largest absolute Gasteiger partial charge is 0.385 e. The summed E-state index contributed by atoms with van der Waals surface area (Å²) in [6.07, 6.45) is 4.13. The Kier molecular flexibility index (Phi) is 11.1. The maximum Gasteiger partial charge on any atom is 0.251 e. The van der Waals surface area contributed by atoms with Crippen LogP contribution in [0.3, 0.4) is 0 Å². The lowest BCUT2D eigenvalue weighted by molar-refractivity contribution is 0.00990. The van der Waals surface area contributed by atoms with Crippen molar-refractivity contribution in [2.24, 2.45) is 4.99 Å². The van der Waals surface area contributed by atoms with Crippen LogP contribution in [0.15, 0.2) is 35.3 Å². The van der Waals surface area contributed by atoms with Crippen LogP contribution in [0.25, 0.3) is 0 Å². The smallest absolute Gasteiger partial charge is 0.251 e. The molecule has 0 atom stereocenters. The number of rotatable bonds is 11. The zero-order chi connectivity index (χ0) is 20.7. The van der Waals surface area contributed by atoms with Gasteiger partial charge in [0.05, 0.1) is 6.10 Å². The van der Waals surface area contributed by atoms with E-state index in [2.05, 4.69) is 22.5 Å². The summed E-state index contributed by atoms with van der Waals surface area (Å²) in [6, 6.07) is 9.29. The molecule has 0 saturated carbocycles. The molecule has 2 rings (SSSR count). The zero-order valence-corrected chi connectivity index (χ0v) is 17.9. The molecule has 1 amide bonds. The summed E-state index contributed by atoms with van der Waals surface area (Å²) >= 11 is 0. The summed E-state index contributed by atoms with van der Waals surface area (Å²) in [5.41, 5.74) is 0.691. The van der Waals surface area contributed by atoms with Gasteiger partial charge in [-0.3, -0.25) is 9.79 Å². The molecule has 1 aromatic rings. The zero-order valence-electron chi connectivity index (χ0n) is 17.9. The summed E-state index contributed by atoms with van der Waals surface area (Å²) in [7, 11) is 1.72. The molecule has 1 fully saturated rings. The van der Waals surface area contributed by atoms with Crippen molar-refractivity contribution in [3.63, 3.8) is 0 Å². The van der Waals surface area contributed by atoms with Crippen LogP contribution in [-0.4, -0.2) is 75.9 Å². The van der Waals surface area contributed by atoms with Gasteiger partial charge in [0.2, 0.25) is 0 Å². The van der Waals surface area contributed by atoms with Crippen molar-refractivity contribution < 1.29 is 14.3 Å². The van der Waals surface area contributed by atoms with Crippen LogP contribution in [0.5, 0.6) is 0 Å². The highest BCUT2D eigenvalue weighted by molar-refractivity contribution is 5.94. The second kappa shape index (κ2) is 14.0. The molecule has 1 aromatic carbocycles. The fourth-order valence-electron chi connectivity index (χ4n) is 3.27. The van der Waals surface area contributed by atoms with Crippen LogP contribution in [-0.2, 0) is 9.47 Å². The molecule has 0 unspecified atom stereocenters. The highest BCUT2D eigenvalue weighted by atomic mass is 16.5. The number of carbonyl (C=O) groups excluding carboxylic acids is 1. The number of likely N-dealkylation sites (tertiary alicyclic amines) is 1. The number of hydrogen-bond acceptors (Lipinski definition) is 4. The Labute approximate surface area is 174 Å². The number of benzene rings is 1. The van der Waals surface area contributed by atoms with Gasteiger partial charge in [-0.15, -0.1) is 0 Å². The predicted molar refractivity (Wildman–Crippen MR) is 116 cm³/mol. The van der Waals surface area contributed by atoms with E-state index in [1.54, 1.807) is 7.11 Å². The number of guanidine groups is 1. The van der Waals surface area contributed by atoms with Crippen LogP contribution in [0, 0.1) is 0 Å². The molecule has 7 heteroatoms. The van der Waals surface area contributed by atoms with Crippen LogP contribution in [0.2, 0.25) is 0 Å². The quantitative estimate of drug-likeness (QED) is 0.336. The standard InChI is InChI=1S/C22H36N4O3/c1-3-23-22(26-15-11-20(12-16-26)29-18-8-17-28-2)25-14-7-13-24-21(27)19-9-5-4-6-10-19/h4-6,9-10,20H,3,7-8,11-18H2,1-2H3,(H,23,25)(H,24,27). The lowest BCUT2D eigenvalue weighted by atomic mass is 10.1. The Morgan fingerprint density at radius 2 is 1.90 bits per heavy atom. The summed E-state index contributed by atoms with van der Waals surface area (Å²) in [5.74, 6) is 0.925. The van der Waals surface area contributed by atoms with E-state index in [1.807, 2.05) is 30.3 Å². The number of amides is 1. The van der Waals surface area contributed by atoms with E-state index >= 15 is 0 Å². The molecule has 0 spiro atoms. The van der Waals surface area contributed by atoms with E-state index < -0.39 is 0 Å². The number of piperidine rings is 1. The van der Waals surface area contributed by atoms with Crippen LogP contribution in [0.1, 0.15) is 43.0 Å². The van der Waals surface area contributed by atoms with Gasteiger partial charge in [-0.25, -0.2) is 0 Å². The van der Waals surface area contributed by atoms with Crippen molar-refractivity contribution in [1.29, 1.82) is 0 Å². The summed E-state index contributed by atoms with van der Waals surface area (Å²) < 4.78 is 11.0. The Hall–Kier alpha value is -2.12. The molecule has 0 aromatic heterocycles. The first-order chi connectivity index (χ1) is 14.2. The van der Waals surface area contributed by atoms with Gasteiger partial charge in [-0.1, -0.05) is 18.2 Å². The Balaban J connectivity index is 1.68. The number of ether oxygens (including phenoxy) is 2. The molecule has 1 aliphatic rings.